The topological polar surface area (TPSA) is 55.6 Å². The van der Waals surface area contributed by atoms with Gasteiger partial charge in [-0.25, -0.2) is 4.79 Å². The Kier molecular flexibility index (Phi) is 5.59. The number of thioether (sulfide) groups is 1. The lowest BCUT2D eigenvalue weighted by molar-refractivity contribution is 0.0220. The normalized spacial score (nSPS) is 21.4. The summed E-state index contributed by atoms with van der Waals surface area (Å²) in [4.78, 5) is 13.7. The number of ether oxygens (including phenoxy) is 1. The Balaban J connectivity index is 2.40. The summed E-state index contributed by atoms with van der Waals surface area (Å²) in [6, 6.07) is 0. The molecule has 4 nitrogen and oxygen atoms in total. The molecule has 0 aromatic carbocycles. The van der Waals surface area contributed by atoms with Gasteiger partial charge in [-0.2, -0.15) is 11.8 Å². The summed E-state index contributed by atoms with van der Waals surface area (Å²) in [6.45, 7) is 8.00. The molecule has 0 aromatic heterocycles. The van der Waals surface area contributed by atoms with E-state index in [2.05, 4.69) is 0 Å². The summed E-state index contributed by atoms with van der Waals surface area (Å²) in [5.74, 6) is 0.965. The molecule has 0 radical (unpaired) electrons. The monoisotopic (exact) mass is 260 g/mol. The van der Waals surface area contributed by atoms with Crippen LogP contribution in [0.3, 0.4) is 0 Å². The predicted molar refractivity (Wildman–Crippen MR) is 72.3 cm³/mol. The van der Waals surface area contributed by atoms with Crippen molar-refractivity contribution >= 4 is 17.9 Å². The van der Waals surface area contributed by atoms with Crippen LogP contribution in [0.4, 0.5) is 4.79 Å². The molecule has 1 atom stereocenters. The maximum atomic E-state index is 11.9. The fourth-order valence-corrected chi connectivity index (χ4v) is 2.89. The Bertz CT molecular complexity index is 253. The third-order valence-electron chi connectivity index (χ3n) is 2.50. The quantitative estimate of drug-likeness (QED) is 0.844. The zero-order valence-corrected chi connectivity index (χ0v) is 11.9. The molecule has 0 unspecified atom stereocenters. The SMILES string of the molecule is CC(C)(C)OC(=O)N1CCC[C@H](SCCN)C1. The third-order valence-corrected chi connectivity index (χ3v) is 3.83. The van der Waals surface area contributed by atoms with Crippen molar-refractivity contribution in [3.63, 3.8) is 0 Å². The van der Waals surface area contributed by atoms with Crippen LogP contribution in [0.15, 0.2) is 0 Å². The van der Waals surface area contributed by atoms with Gasteiger partial charge in [-0.05, 0) is 33.6 Å². The number of amides is 1. The van der Waals surface area contributed by atoms with E-state index in [-0.39, 0.29) is 6.09 Å². The Hall–Kier alpha value is -0.420. The molecular formula is C12H24N2O2S. The summed E-state index contributed by atoms with van der Waals surface area (Å²) in [7, 11) is 0. The first-order valence-corrected chi connectivity index (χ1v) is 7.27. The van der Waals surface area contributed by atoms with Crippen LogP contribution in [0.25, 0.3) is 0 Å². The van der Waals surface area contributed by atoms with Crippen molar-refractivity contribution < 1.29 is 9.53 Å². The highest BCUT2D eigenvalue weighted by molar-refractivity contribution is 7.99. The zero-order valence-electron chi connectivity index (χ0n) is 11.1. The number of hydrogen-bond donors (Lipinski definition) is 1. The Labute approximate surface area is 108 Å². The van der Waals surface area contributed by atoms with Crippen LogP contribution >= 0.6 is 11.8 Å². The van der Waals surface area contributed by atoms with E-state index >= 15 is 0 Å². The van der Waals surface area contributed by atoms with Crippen LogP contribution in [-0.2, 0) is 4.74 Å². The van der Waals surface area contributed by atoms with Gasteiger partial charge in [0, 0.05) is 30.6 Å². The maximum absolute atomic E-state index is 11.9. The van der Waals surface area contributed by atoms with Crippen LogP contribution < -0.4 is 5.73 Å². The minimum atomic E-state index is -0.408. The fourth-order valence-electron chi connectivity index (χ4n) is 1.80. The molecule has 0 spiro atoms. The van der Waals surface area contributed by atoms with Crippen LogP contribution in [-0.4, -0.2) is 47.2 Å². The Morgan fingerprint density at radius 1 is 1.53 bits per heavy atom. The molecule has 17 heavy (non-hydrogen) atoms. The van der Waals surface area contributed by atoms with E-state index in [1.165, 1.54) is 6.42 Å². The maximum Gasteiger partial charge on any atom is 0.410 e. The summed E-state index contributed by atoms with van der Waals surface area (Å²) in [6.07, 6.45) is 2.04. The van der Waals surface area contributed by atoms with E-state index in [1.807, 2.05) is 37.4 Å². The second kappa shape index (κ2) is 6.50. The molecule has 100 valence electrons. The molecule has 1 aliphatic rings. The first-order valence-electron chi connectivity index (χ1n) is 6.22. The second-order valence-electron chi connectivity index (χ2n) is 5.35. The lowest BCUT2D eigenvalue weighted by Crippen LogP contribution is -2.44. The highest BCUT2D eigenvalue weighted by atomic mass is 32.2. The van der Waals surface area contributed by atoms with E-state index in [9.17, 15) is 4.79 Å². The van der Waals surface area contributed by atoms with E-state index < -0.39 is 5.60 Å². The number of nitrogens with zero attached hydrogens (tertiary/aromatic N) is 1. The number of carbonyl (C=O) groups excluding carboxylic acids is 1. The lowest BCUT2D eigenvalue weighted by atomic mass is 10.1. The summed E-state index contributed by atoms with van der Waals surface area (Å²) in [5, 5.41) is 0.514. The van der Waals surface area contributed by atoms with Gasteiger partial charge in [0.25, 0.3) is 0 Å². The van der Waals surface area contributed by atoms with Gasteiger partial charge in [0.2, 0.25) is 0 Å². The van der Waals surface area contributed by atoms with Gasteiger partial charge >= 0.3 is 6.09 Å². The first-order chi connectivity index (χ1) is 7.92. The number of nitrogens with two attached hydrogens (primary N) is 1. The molecule has 0 aromatic rings. The molecule has 5 heteroatoms. The van der Waals surface area contributed by atoms with Crippen molar-refractivity contribution in [3.8, 4) is 0 Å². The molecule has 1 rings (SSSR count). The molecule has 2 N–H and O–H groups in total. The van der Waals surface area contributed by atoms with Crippen molar-refractivity contribution in [2.24, 2.45) is 5.73 Å². The van der Waals surface area contributed by atoms with Gasteiger partial charge in [0.15, 0.2) is 0 Å². The number of likely N-dealkylation sites (tertiary alicyclic amines) is 1. The standard InChI is InChI=1S/C12H24N2O2S/c1-12(2,3)16-11(15)14-7-4-5-10(9-14)17-8-6-13/h10H,4-9,13H2,1-3H3/t10-/m0/s1. The van der Waals surface area contributed by atoms with Crippen molar-refractivity contribution in [3.05, 3.63) is 0 Å². The van der Waals surface area contributed by atoms with E-state index in [1.54, 1.807) is 0 Å². The number of rotatable bonds is 3. The minimum absolute atomic E-state index is 0.185. The van der Waals surface area contributed by atoms with Crippen molar-refractivity contribution in [1.82, 2.24) is 4.90 Å². The average Bonchev–Trinajstić information content (AvgIpc) is 2.24. The van der Waals surface area contributed by atoms with Gasteiger partial charge in [-0.15, -0.1) is 0 Å². The van der Waals surface area contributed by atoms with E-state index in [0.29, 0.717) is 11.8 Å². The lowest BCUT2D eigenvalue weighted by Gasteiger charge is -2.33. The van der Waals surface area contributed by atoms with Crippen molar-refractivity contribution in [2.45, 2.75) is 44.5 Å². The van der Waals surface area contributed by atoms with Crippen LogP contribution in [0.1, 0.15) is 33.6 Å². The molecule has 1 aliphatic heterocycles. The fraction of sp³-hybridized carbons (Fsp3) is 0.917. The van der Waals surface area contributed by atoms with Crippen LogP contribution in [0.5, 0.6) is 0 Å². The van der Waals surface area contributed by atoms with Crippen molar-refractivity contribution in [1.29, 1.82) is 0 Å². The summed E-state index contributed by atoms with van der Waals surface area (Å²) in [5.41, 5.74) is 5.09. The minimum Gasteiger partial charge on any atom is -0.444 e. The second-order valence-corrected chi connectivity index (χ2v) is 6.76. The van der Waals surface area contributed by atoms with Gasteiger partial charge < -0.3 is 15.4 Å². The number of hydrogen-bond acceptors (Lipinski definition) is 4. The Morgan fingerprint density at radius 2 is 2.24 bits per heavy atom. The molecule has 1 fully saturated rings. The first kappa shape index (κ1) is 14.6. The predicted octanol–water partition coefficient (Wildman–Crippen LogP) is 2.08. The van der Waals surface area contributed by atoms with Crippen molar-refractivity contribution in [2.75, 3.05) is 25.4 Å². The van der Waals surface area contributed by atoms with Gasteiger partial charge in [-0.1, -0.05) is 0 Å². The molecule has 0 bridgehead atoms. The van der Waals surface area contributed by atoms with Gasteiger partial charge in [0.05, 0.1) is 0 Å². The zero-order chi connectivity index (χ0) is 12.9. The van der Waals surface area contributed by atoms with Gasteiger partial charge in [-0.3, -0.25) is 0 Å². The summed E-state index contributed by atoms with van der Waals surface area (Å²) >= 11 is 1.86. The van der Waals surface area contributed by atoms with E-state index in [4.69, 9.17) is 10.5 Å². The average molecular weight is 260 g/mol. The molecule has 1 amide bonds. The highest BCUT2D eigenvalue weighted by Crippen LogP contribution is 2.23. The van der Waals surface area contributed by atoms with Crippen LogP contribution in [0.2, 0.25) is 0 Å². The third kappa shape index (κ3) is 5.64. The Morgan fingerprint density at radius 3 is 2.82 bits per heavy atom. The number of piperidine rings is 1. The molecule has 1 saturated heterocycles. The molecule has 0 aliphatic carbocycles. The molecule has 1 heterocycles. The number of carbonyl (C=O) groups is 1. The van der Waals surface area contributed by atoms with E-state index in [0.717, 1.165) is 25.3 Å². The van der Waals surface area contributed by atoms with Crippen LogP contribution in [0, 0.1) is 0 Å². The summed E-state index contributed by atoms with van der Waals surface area (Å²) < 4.78 is 5.38. The molecular weight excluding hydrogens is 236 g/mol. The highest BCUT2D eigenvalue weighted by Gasteiger charge is 2.27. The smallest absolute Gasteiger partial charge is 0.410 e. The molecule has 0 saturated carbocycles. The van der Waals surface area contributed by atoms with Gasteiger partial charge in [0.1, 0.15) is 5.60 Å². The largest absolute Gasteiger partial charge is 0.444 e.